The van der Waals surface area contributed by atoms with Gasteiger partial charge >= 0.3 is 0 Å². The van der Waals surface area contributed by atoms with E-state index >= 15 is 0 Å². The van der Waals surface area contributed by atoms with Crippen molar-refractivity contribution in [1.82, 2.24) is 9.80 Å². The molecule has 1 heterocycles. The molecule has 1 aliphatic rings. The Labute approximate surface area is 168 Å². The van der Waals surface area contributed by atoms with Crippen LogP contribution in [0.5, 0.6) is 0 Å². The van der Waals surface area contributed by atoms with Crippen molar-refractivity contribution in [3.05, 3.63) is 71.3 Å². The first-order valence-corrected chi connectivity index (χ1v) is 10.2. The Balaban J connectivity index is 1.53. The van der Waals surface area contributed by atoms with Crippen molar-refractivity contribution < 1.29 is 9.59 Å². The van der Waals surface area contributed by atoms with Crippen LogP contribution in [0.2, 0.25) is 0 Å². The molecule has 2 aromatic carbocycles. The summed E-state index contributed by atoms with van der Waals surface area (Å²) in [5.41, 5.74) is 3.40. The molecular formula is C24H30N2O2. The molecule has 2 aromatic rings. The molecule has 1 saturated heterocycles. The maximum absolute atomic E-state index is 13.0. The second-order valence-corrected chi connectivity index (χ2v) is 7.60. The summed E-state index contributed by atoms with van der Waals surface area (Å²) in [4.78, 5) is 29.5. The number of carbonyl (C=O) groups excluding carboxylic acids is 2. The van der Waals surface area contributed by atoms with Crippen LogP contribution in [0.3, 0.4) is 0 Å². The molecule has 3 rings (SSSR count). The van der Waals surface area contributed by atoms with E-state index in [4.69, 9.17) is 0 Å². The lowest BCUT2D eigenvalue weighted by Crippen LogP contribution is -2.44. The number of piperidine rings is 1. The summed E-state index contributed by atoms with van der Waals surface area (Å²) in [5, 5.41) is 0. The van der Waals surface area contributed by atoms with Gasteiger partial charge in [-0.25, -0.2) is 0 Å². The number of hydrogen-bond acceptors (Lipinski definition) is 2. The van der Waals surface area contributed by atoms with E-state index in [2.05, 4.69) is 12.1 Å². The molecule has 2 amide bonds. The fourth-order valence-corrected chi connectivity index (χ4v) is 3.87. The fourth-order valence-electron chi connectivity index (χ4n) is 3.87. The van der Waals surface area contributed by atoms with Crippen molar-refractivity contribution in [1.29, 1.82) is 0 Å². The lowest BCUT2D eigenvalue weighted by molar-refractivity contribution is -0.140. The molecule has 0 aromatic heterocycles. The predicted octanol–water partition coefficient (Wildman–Crippen LogP) is 3.82. The van der Waals surface area contributed by atoms with Crippen molar-refractivity contribution in [3.63, 3.8) is 0 Å². The number of rotatable bonds is 6. The second kappa shape index (κ2) is 9.54. The SMILES string of the molecule is CCN(Cc1ccccc1)C(=O)C1CCN(C(=O)Cc2ccccc2C)CC1. The minimum atomic E-state index is 0.0196. The number of aryl methyl sites for hydroxylation is 1. The molecule has 1 aliphatic heterocycles. The van der Waals surface area contributed by atoms with Crippen molar-refractivity contribution in [3.8, 4) is 0 Å². The van der Waals surface area contributed by atoms with E-state index < -0.39 is 0 Å². The predicted molar refractivity (Wildman–Crippen MR) is 112 cm³/mol. The van der Waals surface area contributed by atoms with E-state index in [9.17, 15) is 9.59 Å². The molecular weight excluding hydrogens is 348 g/mol. The molecule has 0 radical (unpaired) electrons. The van der Waals surface area contributed by atoms with Gasteiger partial charge in [-0.2, -0.15) is 0 Å². The molecule has 1 fully saturated rings. The Kier molecular flexibility index (Phi) is 6.85. The number of carbonyl (C=O) groups is 2. The summed E-state index contributed by atoms with van der Waals surface area (Å²) in [7, 11) is 0. The molecule has 148 valence electrons. The van der Waals surface area contributed by atoms with E-state index in [1.54, 1.807) is 0 Å². The van der Waals surface area contributed by atoms with Crippen LogP contribution in [-0.4, -0.2) is 41.2 Å². The molecule has 28 heavy (non-hydrogen) atoms. The Bertz CT molecular complexity index is 795. The number of hydrogen-bond donors (Lipinski definition) is 0. The van der Waals surface area contributed by atoms with Crippen LogP contribution in [0.15, 0.2) is 54.6 Å². The smallest absolute Gasteiger partial charge is 0.226 e. The van der Waals surface area contributed by atoms with Crippen LogP contribution >= 0.6 is 0 Å². The monoisotopic (exact) mass is 378 g/mol. The van der Waals surface area contributed by atoms with Gasteiger partial charge in [0.25, 0.3) is 0 Å². The summed E-state index contributed by atoms with van der Waals surface area (Å²) in [5.74, 6) is 0.403. The first-order valence-electron chi connectivity index (χ1n) is 10.2. The van der Waals surface area contributed by atoms with Gasteiger partial charge in [0.15, 0.2) is 0 Å². The third-order valence-corrected chi connectivity index (χ3v) is 5.71. The van der Waals surface area contributed by atoms with Crippen LogP contribution in [0.25, 0.3) is 0 Å². The topological polar surface area (TPSA) is 40.6 Å². The third-order valence-electron chi connectivity index (χ3n) is 5.71. The molecule has 0 unspecified atom stereocenters. The van der Waals surface area contributed by atoms with Crippen LogP contribution in [0.1, 0.15) is 36.5 Å². The molecule has 4 nitrogen and oxygen atoms in total. The number of benzene rings is 2. The summed E-state index contributed by atoms with van der Waals surface area (Å²) in [6, 6.07) is 18.2. The first kappa shape index (κ1) is 20.1. The van der Waals surface area contributed by atoms with Crippen LogP contribution < -0.4 is 0 Å². The Morgan fingerprint density at radius 3 is 2.29 bits per heavy atom. The maximum atomic E-state index is 13.0. The van der Waals surface area contributed by atoms with Crippen molar-refractivity contribution in [2.75, 3.05) is 19.6 Å². The van der Waals surface area contributed by atoms with Crippen molar-refractivity contribution >= 4 is 11.8 Å². The van der Waals surface area contributed by atoms with Gasteiger partial charge in [0.05, 0.1) is 6.42 Å². The Hall–Kier alpha value is -2.62. The van der Waals surface area contributed by atoms with Gasteiger partial charge in [0.2, 0.25) is 11.8 Å². The highest BCUT2D eigenvalue weighted by Crippen LogP contribution is 2.22. The van der Waals surface area contributed by atoms with Crippen molar-refractivity contribution in [2.24, 2.45) is 5.92 Å². The van der Waals surface area contributed by atoms with Gasteiger partial charge in [0.1, 0.15) is 0 Å². The zero-order valence-electron chi connectivity index (χ0n) is 16.9. The van der Waals surface area contributed by atoms with E-state index in [1.807, 2.05) is 66.1 Å². The normalized spacial score (nSPS) is 14.7. The highest BCUT2D eigenvalue weighted by atomic mass is 16.2. The van der Waals surface area contributed by atoms with E-state index in [0.29, 0.717) is 32.6 Å². The maximum Gasteiger partial charge on any atom is 0.226 e. The highest BCUT2D eigenvalue weighted by molar-refractivity contribution is 5.81. The van der Waals surface area contributed by atoms with E-state index in [1.165, 1.54) is 0 Å². The van der Waals surface area contributed by atoms with E-state index in [-0.39, 0.29) is 17.7 Å². The molecule has 0 aliphatic carbocycles. The average molecular weight is 379 g/mol. The standard InChI is InChI=1S/C24H30N2O2/c1-3-25(18-20-10-5-4-6-11-20)24(28)21-13-15-26(16-14-21)23(27)17-22-12-8-7-9-19(22)2/h4-12,21H,3,13-18H2,1-2H3. The lowest BCUT2D eigenvalue weighted by Gasteiger charge is -2.34. The van der Waals surface area contributed by atoms with Crippen LogP contribution in [0.4, 0.5) is 0 Å². The van der Waals surface area contributed by atoms with Crippen LogP contribution in [0, 0.1) is 12.8 Å². The molecule has 0 bridgehead atoms. The number of amides is 2. The average Bonchev–Trinajstić information content (AvgIpc) is 2.74. The van der Waals surface area contributed by atoms with Crippen LogP contribution in [-0.2, 0) is 22.6 Å². The van der Waals surface area contributed by atoms with Gasteiger partial charge in [-0.1, -0.05) is 54.6 Å². The van der Waals surface area contributed by atoms with Gasteiger partial charge in [-0.15, -0.1) is 0 Å². The van der Waals surface area contributed by atoms with Gasteiger partial charge in [0, 0.05) is 32.1 Å². The van der Waals surface area contributed by atoms with Crippen molar-refractivity contribution in [2.45, 2.75) is 39.7 Å². The second-order valence-electron chi connectivity index (χ2n) is 7.60. The number of likely N-dealkylation sites (tertiary alicyclic amines) is 1. The minimum Gasteiger partial charge on any atom is -0.342 e. The van der Waals surface area contributed by atoms with Gasteiger partial charge < -0.3 is 9.80 Å². The lowest BCUT2D eigenvalue weighted by atomic mass is 9.94. The first-order chi connectivity index (χ1) is 13.6. The summed E-state index contributed by atoms with van der Waals surface area (Å²) < 4.78 is 0. The zero-order chi connectivity index (χ0) is 19.9. The third kappa shape index (κ3) is 5.00. The molecule has 4 heteroatoms. The van der Waals surface area contributed by atoms with Gasteiger partial charge in [-0.05, 0) is 43.4 Å². The Morgan fingerprint density at radius 2 is 1.64 bits per heavy atom. The molecule has 0 spiro atoms. The Morgan fingerprint density at radius 1 is 1.00 bits per heavy atom. The quantitative estimate of drug-likeness (QED) is 0.767. The molecule has 0 atom stereocenters. The molecule has 0 N–H and O–H groups in total. The highest BCUT2D eigenvalue weighted by Gasteiger charge is 2.29. The number of nitrogens with zero attached hydrogens (tertiary/aromatic N) is 2. The summed E-state index contributed by atoms with van der Waals surface area (Å²) >= 11 is 0. The molecule has 0 saturated carbocycles. The van der Waals surface area contributed by atoms with Gasteiger partial charge in [-0.3, -0.25) is 9.59 Å². The summed E-state index contributed by atoms with van der Waals surface area (Å²) in [6.45, 7) is 6.78. The zero-order valence-corrected chi connectivity index (χ0v) is 16.9. The largest absolute Gasteiger partial charge is 0.342 e. The fraction of sp³-hybridized carbons (Fsp3) is 0.417. The van der Waals surface area contributed by atoms with E-state index in [0.717, 1.165) is 29.5 Å². The minimum absolute atomic E-state index is 0.0196. The summed E-state index contributed by atoms with van der Waals surface area (Å²) in [6.07, 6.45) is 1.95.